The molecule has 1 aliphatic rings. The van der Waals surface area contributed by atoms with Gasteiger partial charge in [0.05, 0.1) is 11.3 Å². The van der Waals surface area contributed by atoms with Crippen LogP contribution in [0, 0.1) is 0 Å². The number of rotatable bonds is 5. The van der Waals surface area contributed by atoms with Crippen LogP contribution in [0.15, 0.2) is 29.4 Å². The highest BCUT2D eigenvalue weighted by molar-refractivity contribution is 7.99. The minimum absolute atomic E-state index is 0.0672. The van der Waals surface area contributed by atoms with Crippen LogP contribution in [0.3, 0.4) is 0 Å². The van der Waals surface area contributed by atoms with Gasteiger partial charge in [-0.1, -0.05) is 11.8 Å². The van der Waals surface area contributed by atoms with Gasteiger partial charge in [0.25, 0.3) is 0 Å². The summed E-state index contributed by atoms with van der Waals surface area (Å²) in [5.41, 5.74) is 1.81. The first-order valence-electron chi connectivity index (χ1n) is 8.50. The number of hydrogen-bond acceptors (Lipinski definition) is 6. The summed E-state index contributed by atoms with van der Waals surface area (Å²) in [7, 11) is 0. The summed E-state index contributed by atoms with van der Waals surface area (Å²) in [4.78, 5) is 14.6. The van der Waals surface area contributed by atoms with E-state index < -0.39 is 0 Å². The number of anilines is 2. The normalized spacial score (nSPS) is 14.8. The number of carbonyl (C=O) groups excluding carboxylic acids is 1. The van der Waals surface area contributed by atoms with Crippen LogP contribution in [-0.2, 0) is 10.3 Å². The SMILES string of the molecule is CC(C)(C)n1nnnc1SCC(=O)Nc1ccc(N2CCCC2)cc1. The Labute approximate surface area is 152 Å². The molecule has 7 nitrogen and oxygen atoms in total. The lowest BCUT2D eigenvalue weighted by atomic mass is 10.1. The fourth-order valence-electron chi connectivity index (χ4n) is 2.75. The second kappa shape index (κ2) is 7.43. The lowest BCUT2D eigenvalue weighted by molar-refractivity contribution is -0.113. The van der Waals surface area contributed by atoms with Crippen LogP contribution in [0.2, 0.25) is 0 Å². The first kappa shape index (κ1) is 17.7. The van der Waals surface area contributed by atoms with E-state index >= 15 is 0 Å². The molecule has 1 aromatic heterocycles. The van der Waals surface area contributed by atoms with E-state index in [1.165, 1.54) is 30.3 Å². The van der Waals surface area contributed by atoms with Crippen LogP contribution < -0.4 is 10.2 Å². The van der Waals surface area contributed by atoms with E-state index in [9.17, 15) is 4.79 Å². The number of tetrazole rings is 1. The van der Waals surface area contributed by atoms with Crippen LogP contribution in [0.5, 0.6) is 0 Å². The van der Waals surface area contributed by atoms with Gasteiger partial charge in [-0.2, -0.15) is 0 Å². The molecule has 2 aromatic rings. The molecule has 0 spiro atoms. The summed E-state index contributed by atoms with van der Waals surface area (Å²) in [5.74, 6) is 0.201. The zero-order valence-electron chi connectivity index (χ0n) is 14.9. The van der Waals surface area contributed by atoms with Gasteiger partial charge in [0, 0.05) is 24.5 Å². The highest BCUT2D eigenvalue weighted by Crippen LogP contribution is 2.23. The minimum atomic E-state index is -0.215. The molecule has 1 fully saturated rings. The maximum absolute atomic E-state index is 12.2. The standard InChI is InChI=1S/C17H24N6OS/c1-17(2,3)23-16(19-20-21-23)25-12-15(24)18-13-6-8-14(9-7-13)22-10-4-5-11-22/h6-9H,4-5,10-12H2,1-3H3,(H,18,24). The van der Waals surface area contributed by atoms with Crippen LogP contribution in [-0.4, -0.2) is 45.0 Å². The lowest BCUT2D eigenvalue weighted by Gasteiger charge is -2.19. The molecule has 1 N–H and O–H groups in total. The summed E-state index contributed by atoms with van der Waals surface area (Å²) >= 11 is 1.34. The summed E-state index contributed by atoms with van der Waals surface area (Å²) in [6.45, 7) is 8.30. The molecule has 1 saturated heterocycles. The molecule has 3 rings (SSSR count). The lowest BCUT2D eigenvalue weighted by Crippen LogP contribution is -2.24. The van der Waals surface area contributed by atoms with Gasteiger partial charge in [0.15, 0.2) is 0 Å². The predicted octanol–water partition coefficient (Wildman–Crippen LogP) is 2.76. The van der Waals surface area contributed by atoms with Gasteiger partial charge < -0.3 is 10.2 Å². The number of nitrogens with zero attached hydrogens (tertiary/aromatic N) is 5. The predicted molar refractivity (Wildman–Crippen MR) is 100 cm³/mol. The highest BCUT2D eigenvalue weighted by atomic mass is 32.2. The van der Waals surface area contributed by atoms with Crippen molar-refractivity contribution in [2.24, 2.45) is 0 Å². The largest absolute Gasteiger partial charge is 0.372 e. The Bertz CT molecular complexity index is 715. The molecule has 2 heterocycles. The number of carbonyl (C=O) groups is 1. The number of hydrogen-bond donors (Lipinski definition) is 1. The molecule has 0 unspecified atom stereocenters. The number of nitrogens with one attached hydrogen (secondary N) is 1. The van der Waals surface area contributed by atoms with Crippen LogP contribution in [0.25, 0.3) is 0 Å². The van der Waals surface area contributed by atoms with Gasteiger partial charge in [-0.05, 0) is 68.3 Å². The van der Waals surface area contributed by atoms with Gasteiger partial charge in [-0.15, -0.1) is 5.10 Å². The third-order valence-corrected chi connectivity index (χ3v) is 4.95. The summed E-state index contributed by atoms with van der Waals surface area (Å²) < 4.78 is 1.73. The molecule has 0 bridgehead atoms. The molecule has 1 aromatic carbocycles. The van der Waals surface area contributed by atoms with Crippen molar-refractivity contribution in [1.29, 1.82) is 0 Å². The van der Waals surface area contributed by atoms with Crippen LogP contribution >= 0.6 is 11.8 Å². The zero-order valence-corrected chi connectivity index (χ0v) is 15.7. The van der Waals surface area contributed by atoms with Crippen molar-refractivity contribution in [3.63, 3.8) is 0 Å². The molecule has 134 valence electrons. The van der Waals surface area contributed by atoms with Crippen molar-refractivity contribution in [3.8, 4) is 0 Å². The first-order chi connectivity index (χ1) is 11.9. The van der Waals surface area contributed by atoms with E-state index in [1.807, 2.05) is 32.9 Å². The molecule has 1 amide bonds. The second-order valence-electron chi connectivity index (χ2n) is 7.12. The smallest absolute Gasteiger partial charge is 0.234 e. The quantitative estimate of drug-likeness (QED) is 0.826. The molecular formula is C17H24N6OS. The maximum Gasteiger partial charge on any atom is 0.234 e. The summed E-state index contributed by atoms with van der Waals surface area (Å²) in [6.07, 6.45) is 2.51. The summed E-state index contributed by atoms with van der Waals surface area (Å²) in [6, 6.07) is 8.04. The topological polar surface area (TPSA) is 75.9 Å². The number of aromatic nitrogens is 4. The molecule has 8 heteroatoms. The van der Waals surface area contributed by atoms with E-state index in [2.05, 4.69) is 37.9 Å². The molecule has 0 atom stereocenters. The van der Waals surface area contributed by atoms with Crippen molar-refractivity contribution < 1.29 is 4.79 Å². The van der Waals surface area contributed by atoms with Crippen molar-refractivity contribution >= 4 is 29.0 Å². The van der Waals surface area contributed by atoms with E-state index in [-0.39, 0.29) is 17.2 Å². The molecule has 1 aliphatic heterocycles. The van der Waals surface area contributed by atoms with Crippen molar-refractivity contribution in [2.75, 3.05) is 29.1 Å². The van der Waals surface area contributed by atoms with Crippen molar-refractivity contribution in [1.82, 2.24) is 20.2 Å². The third kappa shape index (κ3) is 4.50. The Morgan fingerprint density at radius 1 is 1.20 bits per heavy atom. The Balaban J connectivity index is 1.53. The van der Waals surface area contributed by atoms with E-state index in [4.69, 9.17) is 0 Å². The average Bonchev–Trinajstić information content (AvgIpc) is 3.25. The van der Waals surface area contributed by atoms with E-state index in [0.29, 0.717) is 5.16 Å². The highest BCUT2D eigenvalue weighted by Gasteiger charge is 2.20. The molecule has 0 saturated carbocycles. The number of benzene rings is 1. The Kier molecular flexibility index (Phi) is 5.27. The number of amides is 1. The molecule has 0 radical (unpaired) electrons. The Morgan fingerprint density at radius 3 is 2.52 bits per heavy atom. The first-order valence-corrected chi connectivity index (χ1v) is 9.48. The van der Waals surface area contributed by atoms with Crippen LogP contribution in [0.4, 0.5) is 11.4 Å². The van der Waals surface area contributed by atoms with Gasteiger partial charge >= 0.3 is 0 Å². The molecule has 25 heavy (non-hydrogen) atoms. The maximum atomic E-state index is 12.2. The van der Waals surface area contributed by atoms with Gasteiger partial charge in [-0.3, -0.25) is 4.79 Å². The van der Waals surface area contributed by atoms with E-state index in [1.54, 1.807) is 4.68 Å². The Hall–Kier alpha value is -2.09. The van der Waals surface area contributed by atoms with Crippen molar-refractivity contribution in [2.45, 2.75) is 44.3 Å². The zero-order chi connectivity index (χ0) is 17.9. The van der Waals surface area contributed by atoms with Gasteiger partial charge in [0.2, 0.25) is 11.1 Å². The fraction of sp³-hybridized carbons (Fsp3) is 0.529. The molecule has 0 aliphatic carbocycles. The van der Waals surface area contributed by atoms with Gasteiger partial charge in [-0.25, -0.2) is 4.68 Å². The number of thioether (sulfide) groups is 1. The second-order valence-corrected chi connectivity index (χ2v) is 8.06. The third-order valence-electron chi connectivity index (χ3n) is 4.03. The van der Waals surface area contributed by atoms with E-state index in [0.717, 1.165) is 18.8 Å². The van der Waals surface area contributed by atoms with Gasteiger partial charge in [0.1, 0.15) is 0 Å². The monoisotopic (exact) mass is 360 g/mol. The Morgan fingerprint density at radius 2 is 1.88 bits per heavy atom. The summed E-state index contributed by atoms with van der Waals surface area (Å²) in [5, 5.41) is 15.3. The minimum Gasteiger partial charge on any atom is -0.372 e. The van der Waals surface area contributed by atoms with Crippen molar-refractivity contribution in [3.05, 3.63) is 24.3 Å². The molecular weight excluding hydrogens is 336 g/mol. The average molecular weight is 360 g/mol. The fourth-order valence-corrected chi connectivity index (χ4v) is 3.61. The van der Waals surface area contributed by atoms with Crippen LogP contribution in [0.1, 0.15) is 33.6 Å².